The number of hydrogen-bond acceptors (Lipinski definition) is 5. The van der Waals surface area contributed by atoms with Crippen LogP contribution in [0.25, 0.3) is 10.9 Å². The van der Waals surface area contributed by atoms with Crippen LogP contribution in [0.3, 0.4) is 0 Å². The summed E-state index contributed by atoms with van der Waals surface area (Å²) in [4.78, 5) is 27.6. The molecule has 1 saturated heterocycles. The van der Waals surface area contributed by atoms with Gasteiger partial charge >= 0.3 is 0 Å². The number of benzene rings is 3. The predicted octanol–water partition coefficient (Wildman–Crippen LogP) is 6.44. The van der Waals surface area contributed by atoms with Crippen LogP contribution in [0.2, 0.25) is 0 Å². The Bertz CT molecular complexity index is 1490. The average Bonchev–Trinajstić information content (AvgIpc) is 3.37. The fourth-order valence-corrected chi connectivity index (χ4v) is 5.29. The zero-order chi connectivity index (χ0) is 28.1. The Kier molecular flexibility index (Phi) is 8.55. The van der Waals surface area contributed by atoms with Crippen molar-refractivity contribution < 1.29 is 23.5 Å². The molecule has 3 aromatic carbocycles. The molecule has 0 unspecified atom stereocenters. The molecule has 8 heteroatoms. The lowest BCUT2D eigenvalue weighted by Crippen LogP contribution is -2.39. The van der Waals surface area contributed by atoms with E-state index in [2.05, 4.69) is 0 Å². The SMILES string of the molecule is COCCCC(=O)c1ccc2nn(CC3CCN(C(=O)c4ccc(Oc5cccc(F)c5)cc4)CC3)cc2c1C. The van der Waals surface area contributed by atoms with Crippen molar-refractivity contribution in [2.45, 2.75) is 39.2 Å². The van der Waals surface area contributed by atoms with E-state index in [4.69, 9.17) is 14.6 Å². The lowest BCUT2D eigenvalue weighted by molar-refractivity contribution is 0.0681. The number of fused-ring (bicyclic) bond motifs is 1. The molecule has 1 fully saturated rings. The number of rotatable bonds is 10. The molecular weight excluding hydrogens is 509 g/mol. The van der Waals surface area contributed by atoms with Crippen LogP contribution >= 0.6 is 0 Å². The lowest BCUT2D eigenvalue weighted by Gasteiger charge is -2.32. The Morgan fingerprint density at radius 3 is 2.52 bits per heavy atom. The first-order chi connectivity index (χ1) is 19.4. The topological polar surface area (TPSA) is 73.7 Å². The number of Topliss-reactive ketones (excluding diaryl/α,β-unsaturated/α-hetero) is 1. The Hall–Kier alpha value is -4.04. The smallest absolute Gasteiger partial charge is 0.253 e. The van der Waals surface area contributed by atoms with Gasteiger partial charge in [0.05, 0.1) is 5.52 Å². The maximum absolute atomic E-state index is 13.4. The zero-order valence-corrected chi connectivity index (χ0v) is 22.9. The van der Waals surface area contributed by atoms with Crippen LogP contribution in [0.15, 0.2) is 66.9 Å². The van der Waals surface area contributed by atoms with Crippen molar-refractivity contribution >= 4 is 22.6 Å². The van der Waals surface area contributed by atoms with Gasteiger partial charge in [-0.3, -0.25) is 14.3 Å². The average molecular weight is 544 g/mol. The number of halogens is 1. The molecule has 7 nitrogen and oxygen atoms in total. The molecule has 4 aromatic rings. The third-order valence-corrected chi connectivity index (χ3v) is 7.54. The van der Waals surface area contributed by atoms with E-state index in [1.54, 1.807) is 43.5 Å². The Morgan fingerprint density at radius 1 is 1.02 bits per heavy atom. The van der Waals surface area contributed by atoms with E-state index in [0.717, 1.165) is 41.4 Å². The molecule has 0 spiro atoms. The molecule has 40 heavy (non-hydrogen) atoms. The number of likely N-dealkylation sites (tertiary alicyclic amines) is 1. The number of piperidine rings is 1. The number of carbonyl (C=O) groups excluding carboxylic acids is 2. The summed E-state index contributed by atoms with van der Waals surface area (Å²) in [5.41, 5.74) is 3.22. The van der Waals surface area contributed by atoms with E-state index in [1.807, 2.05) is 34.8 Å². The maximum atomic E-state index is 13.4. The fourth-order valence-electron chi connectivity index (χ4n) is 5.29. The molecule has 0 atom stereocenters. The lowest BCUT2D eigenvalue weighted by atomic mass is 9.96. The largest absolute Gasteiger partial charge is 0.457 e. The summed E-state index contributed by atoms with van der Waals surface area (Å²) in [5, 5.41) is 5.77. The first-order valence-corrected chi connectivity index (χ1v) is 13.7. The molecule has 1 aliphatic heterocycles. The predicted molar refractivity (Wildman–Crippen MR) is 151 cm³/mol. The van der Waals surface area contributed by atoms with Gasteiger partial charge in [-0.2, -0.15) is 5.10 Å². The van der Waals surface area contributed by atoms with E-state index in [0.29, 0.717) is 55.5 Å². The molecular formula is C32H34FN3O4. The highest BCUT2D eigenvalue weighted by atomic mass is 19.1. The Labute approximate surface area is 233 Å². The van der Waals surface area contributed by atoms with Gasteiger partial charge in [-0.05, 0) is 86.2 Å². The molecule has 0 saturated carbocycles. The molecule has 0 aliphatic carbocycles. The number of aryl methyl sites for hydroxylation is 1. The monoisotopic (exact) mass is 543 g/mol. The number of hydrogen-bond donors (Lipinski definition) is 0. The summed E-state index contributed by atoms with van der Waals surface area (Å²) < 4.78 is 26.1. The van der Waals surface area contributed by atoms with Crippen molar-refractivity contribution in [2.24, 2.45) is 5.92 Å². The van der Waals surface area contributed by atoms with Crippen molar-refractivity contribution in [3.63, 3.8) is 0 Å². The van der Waals surface area contributed by atoms with Crippen LogP contribution in [0, 0.1) is 18.7 Å². The molecule has 1 aliphatic rings. The van der Waals surface area contributed by atoms with Crippen LogP contribution in [0.1, 0.15) is 52.0 Å². The number of nitrogens with zero attached hydrogens (tertiary/aromatic N) is 3. The second-order valence-electron chi connectivity index (χ2n) is 10.4. The number of aromatic nitrogens is 2. The van der Waals surface area contributed by atoms with Crippen LogP contribution in [0.5, 0.6) is 11.5 Å². The maximum Gasteiger partial charge on any atom is 0.253 e. The van der Waals surface area contributed by atoms with Gasteiger partial charge in [-0.1, -0.05) is 6.07 Å². The van der Waals surface area contributed by atoms with Crippen molar-refractivity contribution in [3.05, 3.63) is 89.4 Å². The zero-order valence-electron chi connectivity index (χ0n) is 22.9. The molecule has 0 N–H and O–H groups in total. The summed E-state index contributed by atoms with van der Waals surface area (Å²) in [6.07, 6.45) is 5.01. The first kappa shape index (κ1) is 27.5. The minimum atomic E-state index is -0.362. The second kappa shape index (κ2) is 12.4. The van der Waals surface area contributed by atoms with Crippen molar-refractivity contribution in [3.8, 4) is 11.5 Å². The Balaban J connectivity index is 1.15. The number of ether oxygens (including phenoxy) is 2. The first-order valence-electron chi connectivity index (χ1n) is 13.7. The third kappa shape index (κ3) is 6.39. The van der Waals surface area contributed by atoms with Gasteiger partial charge in [0.15, 0.2) is 5.78 Å². The van der Waals surface area contributed by atoms with Gasteiger partial charge in [-0.25, -0.2) is 4.39 Å². The summed E-state index contributed by atoms with van der Waals surface area (Å²) in [5.74, 6) is 1.14. The highest BCUT2D eigenvalue weighted by Gasteiger charge is 2.24. The van der Waals surface area contributed by atoms with Gasteiger partial charge in [0, 0.05) is 68.5 Å². The van der Waals surface area contributed by atoms with Crippen LogP contribution in [-0.2, 0) is 11.3 Å². The number of methoxy groups -OCH3 is 1. The quantitative estimate of drug-likeness (QED) is 0.170. The van der Waals surface area contributed by atoms with Crippen LogP contribution in [0.4, 0.5) is 4.39 Å². The van der Waals surface area contributed by atoms with Gasteiger partial charge < -0.3 is 14.4 Å². The molecule has 1 amide bonds. The number of amides is 1. The van der Waals surface area contributed by atoms with Crippen molar-refractivity contribution in [1.82, 2.24) is 14.7 Å². The van der Waals surface area contributed by atoms with E-state index >= 15 is 0 Å². The summed E-state index contributed by atoms with van der Waals surface area (Å²) in [6.45, 7) is 4.71. The second-order valence-corrected chi connectivity index (χ2v) is 10.4. The standard InChI is InChI=1S/C32H34FN3O4/c1-22-28(31(37)7-4-18-39-2)12-13-30-29(22)21-36(34-30)20-23-14-16-35(17-15-23)32(38)24-8-10-26(11-9-24)40-27-6-3-5-25(33)19-27/h3,5-6,8-13,19,21,23H,4,7,14-18,20H2,1-2H3. The summed E-state index contributed by atoms with van der Waals surface area (Å²) in [7, 11) is 1.64. The van der Waals surface area contributed by atoms with E-state index in [1.165, 1.54) is 12.1 Å². The Morgan fingerprint density at radius 2 is 1.80 bits per heavy atom. The minimum Gasteiger partial charge on any atom is -0.457 e. The molecule has 0 bridgehead atoms. The van der Waals surface area contributed by atoms with Gasteiger partial charge in [0.1, 0.15) is 17.3 Å². The third-order valence-electron chi connectivity index (χ3n) is 7.54. The molecule has 0 radical (unpaired) electrons. The van der Waals surface area contributed by atoms with Gasteiger partial charge in [-0.15, -0.1) is 0 Å². The van der Waals surface area contributed by atoms with Crippen LogP contribution < -0.4 is 4.74 Å². The van der Waals surface area contributed by atoms with Crippen molar-refractivity contribution in [2.75, 3.05) is 26.8 Å². The molecule has 2 heterocycles. The van der Waals surface area contributed by atoms with E-state index in [9.17, 15) is 14.0 Å². The van der Waals surface area contributed by atoms with E-state index in [-0.39, 0.29) is 17.5 Å². The fraction of sp³-hybridized carbons (Fsp3) is 0.344. The highest BCUT2D eigenvalue weighted by Crippen LogP contribution is 2.26. The van der Waals surface area contributed by atoms with Crippen molar-refractivity contribution in [1.29, 1.82) is 0 Å². The normalized spacial score (nSPS) is 14.0. The summed E-state index contributed by atoms with van der Waals surface area (Å²) >= 11 is 0. The highest BCUT2D eigenvalue weighted by molar-refractivity contribution is 6.01. The van der Waals surface area contributed by atoms with Gasteiger partial charge in [0.2, 0.25) is 0 Å². The number of ketones is 1. The summed E-state index contributed by atoms with van der Waals surface area (Å²) in [6, 6.07) is 16.7. The molecule has 208 valence electrons. The number of carbonyl (C=O) groups is 2. The van der Waals surface area contributed by atoms with E-state index < -0.39 is 0 Å². The van der Waals surface area contributed by atoms with Gasteiger partial charge in [0.25, 0.3) is 5.91 Å². The van der Waals surface area contributed by atoms with Crippen LogP contribution in [-0.4, -0.2) is 53.2 Å². The molecule has 1 aromatic heterocycles. The molecule has 5 rings (SSSR count). The minimum absolute atomic E-state index is 0.00102.